The van der Waals surface area contributed by atoms with E-state index in [4.69, 9.17) is 0 Å². The van der Waals surface area contributed by atoms with E-state index in [1.165, 1.54) is 16.9 Å². The zero-order valence-electron chi connectivity index (χ0n) is 11.3. The van der Waals surface area contributed by atoms with Crippen LogP contribution in [0.15, 0.2) is 27.3 Å². The molecular weight excluding hydrogens is 280 g/mol. The largest absolute Gasteiger partial charge is 0.313 e. The maximum Gasteiger partial charge on any atom is 0.252 e. The summed E-state index contributed by atoms with van der Waals surface area (Å²) in [6.45, 7) is 6.77. The van der Waals surface area contributed by atoms with Crippen molar-refractivity contribution in [2.24, 2.45) is 0 Å². The molecule has 1 aliphatic rings. The van der Waals surface area contributed by atoms with Crippen molar-refractivity contribution in [3.63, 3.8) is 0 Å². The first-order valence-electron chi connectivity index (χ1n) is 6.48. The molecule has 6 heteroatoms. The van der Waals surface area contributed by atoms with E-state index in [9.17, 15) is 8.42 Å². The van der Waals surface area contributed by atoms with Crippen LogP contribution in [0.2, 0.25) is 0 Å². The average molecular weight is 300 g/mol. The summed E-state index contributed by atoms with van der Waals surface area (Å²) in [6.07, 6.45) is 2.82. The smallest absolute Gasteiger partial charge is 0.252 e. The summed E-state index contributed by atoms with van der Waals surface area (Å²) in [7, 11) is -3.31. The number of thiophene rings is 1. The van der Waals surface area contributed by atoms with Gasteiger partial charge in [0, 0.05) is 19.6 Å². The molecular formula is C13H20N2O2S2. The number of nitrogens with one attached hydrogen (secondary N) is 1. The Kier molecular flexibility index (Phi) is 4.78. The number of hydrogen-bond donors (Lipinski definition) is 1. The van der Waals surface area contributed by atoms with Crippen LogP contribution in [0, 0.1) is 0 Å². The zero-order chi connectivity index (χ0) is 13.9. The fraction of sp³-hybridized carbons (Fsp3) is 0.538. The van der Waals surface area contributed by atoms with Crippen LogP contribution in [0.5, 0.6) is 0 Å². The monoisotopic (exact) mass is 300 g/mol. The molecule has 0 saturated heterocycles. The molecule has 0 fully saturated rings. The maximum atomic E-state index is 12.5. The third-order valence-corrected chi connectivity index (χ3v) is 6.53. The van der Waals surface area contributed by atoms with Crippen molar-refractivity contribution in [2.45, 2.75) is 31.0 Å². The summed E-state index contributed by atoms with van der Waals surface area (Å²) in [4.78, 5) is 0. The highest BCUT2D eigenvalue weighted by Crippen LogP contribution is 2.26. The van der Waals surface area contributed by atoms with E-state index in [0.29, 0.717) is 17.3 Å². The van der Waals surface area contributed by atoms with E-state index < -0.39 is 10.0 Å². The lowest BCUT2D eigenvalue weighted by molar-refractivity contribution is 0.433. The van der Waals surface area contributed by atoms with Crippen LogP contribution in [0.4, 0.5) is 0 Å². The second kappa shape index (κ2) is 6.17. The highest BCUT2D eigenvalue weighted by Gasteiger charge is 2.26. The van der Waals surface area contributed by atoms with Crippen LogP contribution >= 0.6 is 11.3 Å². The van der Waals surface area contributed by atoms with Gasteiger partial charge >= 0.3 is 0 Å². The Labute approximate surface area is 119 Å². The molecule has 0 aromatic carbocycles. The van der Waals surface area contributed by atoms with E-state index in [1.807, 2.05) is 25.3 Å². The van der Waals surface area contributed by atoms with E-state index >= 15 is 0 Å². The third kappa shape index (κ3) is 3.45. The Hall–Kier alpha value is -0.690. The molecule has 106 valence electrons. The molecule has 1 N–H and O–H groups in total. The first-order chi connectivity index (χ1) is 9.04. The summed E-state index contributed by atoms with van der Waals surface area (Å²) in [6, 6.07) is 1.79. The van der Waals surface area contributed by atoms with Gasteiger partial charge in [-0.2, -0.15) is 4.31 Å². The predicted molar refractivity (Wildman–Crippen MR) is 78.8 cm³/mol. The van der Waals surface area contributed by atoms with Crippen LogP contribution < -0.4 is 5.32 Å². The maximum absolute atomic E-state index is 12.5. The van der Waals surface area contributed by atoms with Crippen molar-refractivity contribution in [1.29, 1.82) is 0 Å². The van der Waals surface area contributed by atoms with Crippen molar-refractivity contribution < 1.29 is 8.42 Å². The molecule has 2 heterocycles. The normalized spacial score (nSPS) is 17.5. The molecule has 0 spiro atoms. The van der Waals surface area contributed by atoms with Gasteiger partial charge < -0.3 is 5.32 Å². The van der Waals surface area contributed by atoms with Gasteiger partial charge in [-0.1, -0.05) is 18.6 Å². The molecule has 0 atom stereocenters. The minimum absolute atomic E-state index is 0.452. The van der Waals surface area contributed by atoms with Gasteiger partial charge in [0.25, 0.3) is 10.0 Å². The molecule has 0 saturated carbocycles. The second-order valence-corrected chi connectivity index (χ2v) is 7.79. The van der Waals surface area contributed by atoms with E-state index in [-0.39, 0.29) is 0 Å². The van der Waals surface area contributed by atoms with Crippen molar-refractivity contribution >= 4 is 21.4 Å². The molecule has 1 aliphatic heterocycles. The molecule has 1 aromatic rings. The number of sulfonamides is 1. The summed E-state index contributed by atoms with van der Waals surface area (Å²) in [5, 5.41) is 5.12. The van der Waals surface area contributed by atoms with Gasteiger partial charge in [-0.15, -0.1) is 11.3 Å². The summed E-state index contributed by atoms with van der Waals surface area (Å²) in [5.74, 6) is 0. The van der Waals surface area contributed by atoms with Crippen LogP contribution in [-0.4, -0.2) is 32.4 Å². The SMILES string of the molecule is CCNCc1csc(S(=O)(=O)N2CC=C(C)CC2)c1. The molecule has 0 radical (unpaired) electrons. The fourth-order valence-electron chi connectivity index (χ4n) is 1.95. The summed E-state index contributed by atoms with van der Waals surface area (Å²) in [5.41, 5.74) is 2.31. The fourth-order valence-corrected chi connectivity index (χ4v) is 4.69. The van der Waals surface area contributed by atoms with Crippen molar-refractivity contribution in [1.82, 2.24) is 9.62 Å². The second-order valence-electron chi connectivity index (χ2n) is 4.72. The zero-order valence-corrected chi connectivity index (χ0v) is 13.0. The average Bonchev–Trinajstić information content (AvgIpc) is 2.86. The lowest BCUT2D eigenvalue weighted by Crippen LogP contribution is -2.34. The van der Waals surface area contributed by atoms with Gasteiger partial charge in [0.2, 0.25) is 0 Å². The van der Waals surface area contributed by atoms with E-state index in [2.05, 4.69) is 5.32 Å². The van der Waals surface area contributed by atoms with Crippen molar-refractivity contribution in [3.05, 3.63) is 28.7 Å². The molecule has 19 heavy (non-hydrogen) atoms. The Morgan fingerprint density at radius 1 is 1.47 bits per heavy atom. The minimum atomic E-state index is -3.31. The third-order valence-electron chi connectivity index (χ3n) is 3.20. The van der Waals surface area contributed by atoms with E-state index in [0.717, 1.165) is 25.1 Å². The first-order valence-corrected chi connectivity index (χ1v) is 8.80. The predicted octanol–water partition coefficient (Wildman–Crippen LogP) is 2.20. The highest BCUT2D eigenvalue weighted by atomic mass is 32.2. The number of hydrogen-bond acceptors (Lipinski definition) is 4. The molecule has 0 amide bonds. The Morgan fingerprint density at radius 3 is 2.89 bits per heavy atom. The summed E-state index contributed by atoms with van der Waals surface area (Å²) >= 11 is 1.31. The van der Waals surface area contributed by atoms with Gasteiger partial charge in [-0.05, 0) is 36.9 Å². The topological polar surface area (TPSA) is 49.4 Å². The first kappa shape index (κ1) is 14.7. The molecule has 0 aliphatic carbocycles. The van der Waals surface area contributed by atoms with Crippen molar-refractivity contribution in [2.75, 3.05) is 19.6 Å². The highest BCUT2D eigenvalue weighted by molar-refractivity contribution is 7.91. The minimum Gasteiger partial charge on any atom is -0.313 e. The lowest BCUT2D eigenvalue weighted by Gasteiger charge is -2.23. The lowest BCUT2D eigenvalue weighted by atomic mass is 10.1. The molecule has 0 bridgehead atoms. The molecule has 0 unspecified atom stereocenters. The standard InChI is InChI=1S/C13H20N2O2S2/c1-3-14-9-12-8-13(18-10-12)19(16,17)15-6-4-11(2)5-7-15/h4,8,10,14H,3,5-7,9H2,1-2H3. The van der Waals surface area contributed by atoms with E-state index in [1.54, 1.807) is 10.4 Å². The Morgan fingerprint density at radius 2 is 2.26 bits per heavy atom. The quantitative estimate of drug-likeness (QED) is 0.848. The van der Waals surface area contributed by atoms with Gasteiger partial charge in [0.15, 0.2) is 0 Å². The number of rotatable bonds is 5. The summed E-state index contributed by atoms with van der Waals surface area (Å²) < 4.78 is 26.9. The van der Waals surface area contributed by atoms with Gasteiger partial charge in [0.1, 0.15) is 4.21 Å². The Balaban J connectivity index is 2.13. The molecule has 4 nitrogen and oxygen atoms in total. The van der Waals surface area contributed by atoms with Crippen LogP contribution in [-0.2, 0) is 16.6 Å². The van der Waals surface area contributed by atoms with Crippen LogP contribution in [0.25, 0.3) is 0 Å². The Bertz CT molecular complexity index is 561. The number of nitrogens with zero attached hydrogens (tertiary/aromatic N) is 1. The molecule has 2 rings (SSSR count). The van der Waals surface area contributed by atoms with Crippen LogP contribution in [0.3, 0.4) is 0 Å². The van der Waals surface area contributed by atoms with Gasteiger partial charge in [-0.25, -0.2) is 8.42 Å². The molecule has 1 aromatic heterocycles. The van der Waals surface area contributed by atoms with Crippen LogP contribution in [0.1, 0.15) is 25.8 Å². The van der Waals surface area contributed by atoms with Crippen molar-refractivity contribution in [3.8, 4) is 0 Å². The van der Waals surface area contributed by atoms with Gasteiger partial charge in [-0.3, -0.25) is 0 Å². The van der Waals surface area contributed by atoms with Gasteiger partial charge in [0.05, 0.1) is 0 Å².